The van der Waals surface area contributed by atoms with Gasteiger partial charge in [-0.15, -0.1) is 0 Å². The molecule has 0 amide bonds. The van der Waals surface area contributed by atoms with E-state index in [1.807, 2.05) is 0 Å². The molecule has 1 fully saturated rings. The summed E-state index contributed by atoms with van der Waals surface area (Å²) in [5, 5.41) is 0.822. The van der Waals surface area contributed by atoms with Crippen molar-refractivity contribution in [3.05, 3.63) is 42.1 Å². The van der Waals surface area contributed by atoms with E-state index >= 15 is 0 Å². The summed E-state index contributed by atoms with van der Waals surface area (Å²) in [6.45, 7) is 3.95. The van der Waals surface area contributed by atoms with Gasteiger partial charge in [0.15, 0.2) is 0 Å². The van der Waals surface area contributed by atoms with Gasteiger partial charge in [0.2, 0.25) is 20.0 Å². The molecule has 9 heteroatoms. The Balaban J connectivity index is 2.08. The molecular formula is C14H19FN2O4S2. The third-order valence-electron chi connectivity index (χ3n) is 3.73. The topological polar surface area (TPSA) is 83.6 Å². The maximum Gasteiger partial charge on any atom is 0.243 e. The van der Waals surface area contributed by atoms with Gasteiger partial charge in [-0.3, -0.25) is 0 Å². The van der Waals surface area contributed by atoms with E-state index in [2.05, 4.69) is 11.3 Å². The van der Waals surface area contributed by atoms with Crippen LogP contribution < -0.4 is 4.72 Å². The Morgan fingerprint density at radius 2 is 1.91 bits per heavy atom. The number of piperidine rings is 1. The highest BCUT2D eigenvalue weighted by Gasteiger charge is 2.30. The Labute approximate surface area is 136 Å². The second-order valence-corrected chi connectivity index (χ2v) is 9.04. The van der Waals surface area contributed by atoms with Crippen LogP contribution in [0.25, 0.3) is 0 Å². The summed E-state index contributed by atoms with van der Waals surface area (Å²) < 4.78 is 64.5. The summed E-state index contributed by atoms with van der Waals surface area (Å²) in [6.07, 6.45) is 1.37. The fourth-order valence-corrected chi connectivity index (χ4v) is 4.60. The second-order valence-electron chi connectivity index (χ2n) is 5.39. The highest BCUT2D eigenvalue weighted by molar-refractivity contribution is 7.92. The van der Waals surface area contributed by atoms with Crippen molar-refractivity contribution in [2.75, 3.05) is 19.6 Å². The molecule has 1 aliphatic rings. The van der Waals surface area contributed by atoms with Crippen LogP contribution in [0.15, 0.2) is 41.1 Å². The highest BCUT2D eigenvalue weighted by Crippen LogP contribution is 2.23. The van der Waals surface area contributed by atoms with Crippen molar-refractivity contribution in [2.24, 2.45) is 5.92 Å². The van der Waals surface area contributed by atoms with Crippen molar-refractivity contribution >= 4 is 20.0 Å². The van der Waals surface area contributed by atoms with Crippen LogP contribution in [0.5, 0.6) is 0 Å². The molecule has 0 saturated carbocycles. The molecule has 1 heterocycles. The van der Waals surface area contributed by atoms with Crippen molar-refractivity contribution < 1.29 is 21.2 Å². The normalized spacial score (nSPS) is 20.3. The number of sulfonamides is 2. The molecule has 23 heavy (non-hydrogen) atoms. The maximum absolute atomic E-state index is 12.9. The van der Waals surface area contributed by atoms with Crippen LogP contribution in [0.3, 0.4) is 0 Å². The molecule has 0 spiro atoms. The minimum atomic E-state index is -3.70. The quantitative estimate of drug-likeness (QED) is 0.826. The number of hydrogen-bond acceptors (Lipinski definition) is 4. The number of rotatable bonds is 6. The van der Waals surface area contributed by atoms with Gasteiger partial charge in [0, 0.05) is 25.0 Å². The van der Waals surface area contributed by atoms with Crippen LogP contribution in [0.4, 0.5) is 4.39 Å². The van der Waals surface area contributed by atoms with Crippen molar-refractivity contribution in [1.82, 2.24) is 9.03 Å². The zero-order valence-electron chi connectivity index (χ0n) is 12.5. The zero-order valence-corrected chi connectivity index (χ0v) is 14.1. The van der Waals surface area contributed by atoms with Gasteiger partial charge in [0.25, 0.3) is 0 Å². The second kappa shape index (κ2) is 7.08. The third-order valence-corrected chi connectivity index (χ3v) is 6.61. The Kier molecular flexibility index (Phi) is 5.56. The lowest BCUT2D eigenvalue weighted by Gasteiger charge is -2.31. The van der Waals surface area contributed by atoms with Crippen LogP contribution >= 0.6 is 0 Å². The molecule has 128 valence electrons. The predicted molar refractivity (Wildman–Crippen MR) is 85.0 cm³/mol. The predicted octanol–water partition coefficient (Wildman–Crippen LogP) is 1.29. The summed E-state index contributed by atoms with van der Waals surface area (Å²) in [5.41, 5.74) is 0. The molecule has 0 bridgehead atoms. The smallest absolute Gasteiger partial charge is 0.211 e. The van der Waals surface area contributed by atoms with E-state index in [9.17, 15) is 21.2 Å². The van der Waals surface area contributed by atoms with Crippen LogP contribution in [0.2, 0.25) is 0 Å². The summed E-state index contributed by atoms with van der Waals surface area (Å²) in [4.78, 5) is 0.0335. The first-order chi connectivity index (χ1) is 10.7. The SMILES string of the molecule is C=CS(=O)(=O)NC[C@H]1CCCN(S(=O)(=O)c2ccc(F)cc2)C1. The van der Waals surface area contributed by atoms with Gasteiger partial charge < -0.3 is 0 Å². The van der Waals surface area contributed by atoms with Crippen molar-refractivity contribution in [3.8, 4) is 0 Å². The average Bonchev–Trinajstić information content (AvgIpc) is 2.54. The van der Waals surface area contributed by atoms with Gasteiger partial charge in [0.05, 0.1) is 4.90 Å². The fourth-order valence-electron chi connectivity index (χ4n) is 2.46. The van der Waals surface area contributed by atoms with Crippen molar-refractivity contribution in [3.63, 3.8) is 0 Å². The maximum atomic E-state index is 12.9. The van der Waals surface area contributed by atoms with Crippen LogP contribution in [0, 0.1) is 11.7 Å². The first-order valence-electron chi connectivity index (χ1n) is 7.12. The number of nitrogens with zero attached hydrogens (tertiary/aromatic N) is 1. The molecule has 0 unspecified atom stereocenters. The average molecular weight is 362 g/mol. The fraction of sp³-hybridized carbons (Fsp3) is 0.429. The summed E-state index contributed by atoms with van der Waals surface area (Å²) >= 11 is 0. The van der Waals surface area contributed by atoms with Gasteiger partial charge in [0.1, 0.15) is 5.82 Å². The molecule has 0 aromatic heterocycles. The number of halogens is 1. The van der Waals surface area contributed by atoms with Gasteiger partial charge in [-0.05, 0) is 43.0 Å². The number of benzene rings is 1. The lowest BCUT2D eigenvalue weighted by Crippen LogP contribution is -2.43. The van der Waals surface area contributed by atoms with Crippen LogP contribution in [0.1, 0.15) is 12.8 Å². The molecule has 1 atom stereocenters. The van der Waals surface area contributed by atoms with E-state index in [1.165, 1.54) is 16.4 Å². The standard InChI is InChI=1S/C14H19FN2O4S2/c1-2-22(18,19)16-10-12-4-3-9-17(11-12)23(20,21)14-7-5-13(15)6-8-14/h2,5-8,12,16H,1,3-4,9-11H2/t12-/m1/s1. The Morgan fingerprint density at radius 3 is 2.52 bits per heavy atom. The molecule has 0 aliphatic carbocycles. The van der Waals surface area contributed by atoms with Gasteiger partial charge in [-0.2, -0.15) is 4.31 Å². The number of nitrogens with one attached hydrogen (secondary N) is 1. The van der Waals surface area contributed by atoms with E-state index in [0.29, 0.717) is 13.0 Å². The molecule has 1 aromatic carbocycles. The molecule has 1 aromatic rings. The largest absolute Gasteiger partial charge is 0.243 e. The molecule has 1 N–H and O–H groups in total. The Hall–Kier alpha value is -1.29. The minimum absolute atomic E-state index is 0.0335. The van der Waals surface area contributed by atoms with Gasteiger partial charge >= 0.3 is 0 Å². The monoisotopic (exact) mass is 362 g/mol. The Bertz CT molecular complexity index is 760. The molecule has 2 rings (SSSR count). The van der Waals surface area contributed by atoms with Crippen LogP contribution in [-0.4, -0.2) is 40.8 Å². The van der Waals surface area contributed by atoms with Crippen LogP contribution in [-0.2, 0) is 20.0 Å². The molecule has 6 nitrogen and oxygen atoms in total. The minimum Gasteiger partial charge on any atom is -0.211 e. The summed E-state index contributed by atoms with van der Waals surface area (Å²) in [6, 6.07) is 4.67. The lowest BCUT2D eigenvalue weighted by molar-refractivity contribution is 0.267. The van der Waals surface area contributed by atoms with Gasteiger partial charge in [-0.25, -0.2) is 25.9 Å². The first kappa shape index (κ1) is 18.1. The number of hydrogen-bond donors (Lipinski definition) is 1. The third kappa shape index (κ3) is 4.60. The Morgan fingerprint density at radius 1 is 1.26 bits per heavy atom. The van der Waals surface area contributed by atoms with E-state index in [0.717, 1.165) is 24.0 Å². The highest BCUT2D eigenvalue weighted by atomic mass is 32.2. The zero-order chi connectivity index (χ0) is 17.1. The molecule has 1 aliphatic heterocycles. The van der Waals surface area contributed by atoms with Crippen molar-refractivity contribution in [2.45, 2.75) is 17.7 Å². The first-order valence-corrected chi connectivity index (χ1v) is 10.1. The van der Waals surface area contributed by atoms with Crippen molar-refractivity contribution in [1.29, 1.82) is 0 Å². The summed E-state index contributed by atoms with van der Waals surface area (Å²) in [5.74, 6) is -0.618. The van der Waals surface area contributed by atoms with E-state index in [1.54, 1.807) is 0 Å². The van der Waals surface area contributed by atoms with E-state index in [4.69, 9.17) is 0 Å². The van der Waals surface area contributed by atoms with E-state index in [-0.39, 0.29) is 23.9 Å². The molecule has 0 radical (unpaired) electrons. The molecular weight excluding hydrogens is 343 g/mol. The lowest BCUT2D eigenvalue weighted by atomic mass is 10.0. The summed E-state index contributed by atoms with van der Waals surface area (Å²) in [7, 11) is -7.23. The van der Waals surface area contributed by atoms with E-state index < -0.39 is 25.9 Å². The van der Waals surface area contributed by atoms with Gasteiger partial charge in [-0.1, -0.05) is 6.58 Å². The molecule has 1 saturated heterocycles.